The Hall–Kier alpha value is -3.42. The van der Waals surface area contributed by atoms with Gasteiger partial charge in [0.2, 0.25) is 0 Å². The van der Waals surface area contributed by atoms with E-state index in [2.05, 4.69) is 32.9 Å². The predicted molar refractivity (Wildman–Crippen MR) is 116 cm³/mol. The van der Waals surface area contributed by atoms with Crippen molar-refractivity contribution in [1.29, 1.82) is 0 Å². The van der Waals surface area contributed by atoms with Gasteiger partial charge in [-0.1, -0.05) is 44.7 Å². The van der Waals surface area contributed by atoms with E-state index in [4.69, 9.17) is 9.47 Å². The number of benzene rings is 2. The zero-order valence-corrected chi connectivity index (χ0v) is 17.6. The van der Waals surface area contributed by atoms with E-state index in [9.17, 15) is 4.79 Å². The first-order chi connectivity index (χ1) is 15.2. The minimum Gasteiger partial charge on any atom is -0.494 e. The summed E-state index contributed by atoms with van der Waals surface area (Å²) >= 11 is 0. The topological polar surface area (TPSA) is 102 Å². The van der Waals surface area contributed by atoms with Crippen molar-refractivity contribution in [2.75, 3.05) is 11.9 Å². The first-order valence-electron chi connectivity index (χ1n) is 10.8. The molecule has 1 aliphatic heterocycles. The Kier molecular flexibility index (Phi) is 6.76. The summed E-state index contributed by atoms with van der Waals surface area (Å²) in [5, 5.41) is 16.8. The second-order valence-corrected chi connectivity index (χ2v) is 7.63. The van der Waals surface area contributed by atoms with Crippen LogP contribution in [0.3, 0.4) is 0 Å². The Morgan fingerprint density at radius 1 is 1.16 bits per heavy atom. The molecule has 31 heavy (non-hydrogen) atoms. The molecule has 1 unspecified atom stereocenters. The minimum absolute atomic E-state index is 0.201. The molecule has 0 radical (unpaired) electrons. The molecule has 0 aliphatic carbocycles. The van der Waals surface area contributed by atoms with E-state index in [0.29, 0.717) is 35.9 Å². The Labute approximate surface area is 181 Å². The van der Waals surface area contributed by atoms with Crippen LogP contribution in [-0.2, 0) is 6.42 Å². The number of amides is 1. The largest absolute Gasteiger partial charge is 0.494 e. The molecule has 1 aliphatic rings. The standard InChI is InChI=1S/C23H27N5O3/c1-2-3-4-5-6-14-30-18-12-10-16(11-13-18)23(29)24-19-9-7-8-17-15-20(31-21(17)19)22-25-27-28-26-22/h7-13,20H,2-6,14-15H2,1H3,(H,24,29)(H,25,26,27,28). The fourth-order valence-corrected chi connectivity index (χ4v) is 3.61. The van der Waals surface area contributed by atoms with Crippen LogP contribution in [0.1, 0.15) is 66.9 Å². The zero-order valence-electron chi connectivity index (χ0n) is 17.6. The lowest BCUT2D eigenvalue weighted by Crippen LogP contribution is -2.13. The van der Waals surface area contributed by atoms with Crippen molar-refractivity contribution in [2.24, 2.45) is 0 Å². The van der Waals surface area contributed by atoms with Gasteiger partial charge in [-0.3, -0.25) is 4.79 Å². The third kappa shape index (κ3) is 5.20. The fourth-order valence-electron chi connectivity index (χ4n) is 3.61. The van der Waals surface area contributed by atoms with Crippen molar-refractivity contribution in [3.63, 3.8) is 0 Å². The fraction of sp³-hybridized carbons (Fsp3) is 0.391. The normalized spacial score (nSPS) is 14.7. The van der Waals surface area contributed by atoms with Gasteiger partial charge in [-0.05, 0) is 47.2 Å². The van der Waals surface area contributed by atoms with E-state index in [1.807, 2.05) is 30.3 Å². The number of unbranched alkanes of at least 4 members (excludes halogenated alkanes) is 4. The van der Waals surface area contributed by atoms with Gasteiger partial charge in [0.15, 0.2) is 11.9 Å². The summed E-state index contributed by atoms with van der Waals surface area (Å²) in [5.41, 5.74) is 2.19. The highest BCUT2D eigenvalue weighted by Crippen LogP contribution is 2.40. The summed E-state index contributed by atoms with van der Waals surface area (Å²) in [6.07, 6.45) is 6.35. The molecule has 2 N–H and O–H groups in total. The van der Waals surface area contributed by atoms with Gasteiger partial charge >= 0.3 is 0 Å². The van der Waals surface area contributed by atoms with Gasteiger partial charge in [-0.15, -0.1) is 5.10 Å². The Balaban J connectivity index is 1.33. The lowest BCUT2D eigenvalue weighted by atomic mass is 10.1. The molecule has 0 spiro atoms. The number of para-hydroxylation sites is 1. The molecule has 4 rings (SSSR count). The van der Waals surface area contributed by atoms with Crippen molar-refractivity contribution in [2.45, 2.75) is 51.6 Å². The minimum atomic E-state index is -0.290. The molecule has 1 amide bonds. The second kappa shape index (κ2) is 10.1. The van der Waals surface area contributed by atoms with E-state index in [-0.39, 0.29) is 12.0 Å². The van der Waals surface area contributed by atoms with Crippen LogP contribution >= 0.6 is 0 Å². The number of rotatable bonds is 10. The summed E-state index contributed by atoms with van der Waals surface area (Å²) in [6, 6.07) is 12.9. The lowest BCUT2D eigenvalue weighted by molar-refractivity contribution is 0.102. The number of carbonyl (C=O) groups excluding carboxylic acids is 1. The van der Waals surface area contributed by atoms with Crippen molar-refractivity contribution in [1.82, 2.24) is 20.6 Å². The first-order valence-corrected chi connectivity index (χ1v) is 10.8. The number of hydrogen-bond donors (Lipinski definition) is 2. The van der Waals surface area contributed by atoms with Gasteiger partial charge in [0.05, 0.1) is 12.3 Å². The third-order valence-corrected chi connectivity index (χ3v) is 5.31. The van der Waals surface area contributed by atoms with Gasteiger partial charge < -0.3 is 14.8 Å². The van der Waals surface area contributed by atoms with Crippen LogP contribution in [0.4, 0.5) is 5.69 Å². The molecular formula is C23H27N5O3. The van der Waals surface area contributed by atoms with Crippen LogP contribution in [0.25, 0.3) is 0 Å². The number of H-pyrrole nitrogens is 1. The third-order valence-electron chi connectivity index (χ3n) is 5.31. The SMILES string of the molecule is CCCCCCCOc1ccc(C(=O)Nc2cccc3c2OC(c2nnn[nH]2)C3)cc1. The number of nitrogens with one attached hydrogen (secondary N) is 2. The van der Waals surface area contributed by atoms with Crippen molar-refractivity contribution < 1.29 is 14.3 Å². The maximum Gasteiger partial charge on any atom is 0.255 e. The van der Waals surface area contributed by atoms with E-state index < -0.39 is 0 Å². The summed E-state index contributed by atoms with van der Waals surface area (Å²) < 4.78 is 11.8. The number of anilines is 1. The number of aromatic amines is 1. The maximum absolute atomic E-state index is 12.8. The summed E-state index contributed by atoms with van der Waals surface area (Å²) in [6.45, 7) is 2.91. The highest BCUT2D eigenvalue weighted by Gasteiger charge is 2.29. The van der Waals surface area contributed by atoms with Crippen molar-refractivity contribution >= 4 is 11.6 Å². The number of fused-ring (bicyclic) bond motifs is 1. The summed E-state index contributed by atoms with van der Waals surface area (Å²) in [5.74, 6) is 1.79. The average molecular weight is 422 g/mol. The molecule has 2 heterocycles. The summed E-state index contributed by atoms with van der Waals surface area (Å²) in [4.78, 5) is 12.8. The number of aromatic nitrogens is 4. The van der Waals surface area contributed by atoms with Crippen molar-refractivity contribution in [3.8, 4) is 11.5 Å². The smallest absolute Gasteiger partial charge is 0.255 e. The highest BCUT2D eigenvalue weighted by atomic mass is 16.5. The number of hydrogen-bond acceptors (Lipinski definition) is 6. The van der Waals surface area contributed by atoms with E-state index in [1.165, 1.54) is 25.7 Å². The Morgan fingerprint density at radius 2 is 2.00 bits per heavy atom. The molecule has 0 fully saturated rings. The molecule has 3 aromatic rings. The van der Waals surface area contributed by atoms with Gasteiger partial charge in [-0.25, -0.2) is 5.10 Å². The van der Waals surface area contributed by atoms with Gasteiger partial charge in [0.1, 0.15) is 11.5 Å². The Bertz CT molecular complexity index is 989. The van der Waals surface area contributed by atoms with Crippen LogP contribution in [0.2, 0.25) is 0 Å². The van der Waals surface area contributed by atoms with Crippen molar-refractivity contribution in [3.05, 3.63) is 59.4 Å². The summed E-state index contributed by atoms with van der Waals surface area (Å²) in [7, 11) is 0. The van der Waals surface area contributed by atoms with E-state index >= 15 is 0 Å². The molecule has 0 saturated carbocycles. The number of nitrogens with zero attached hydrogens (tertiary/aromatic N) is 3. The van der Waals surface area contributed by atoms with E-state index in [1.54, 1.807) is 12.1 Å². The van der Waals surface area contributed by atoms with Crippen LogP contribution in [0.15, 0.2) is 42.5 Å². The molecule has 1 atom stereocenters. The number of ether oxygens (including phenoxy) is 2. The van der Waals surface area contributed by atoms with E-state index in [0.717, 1.165) is 17.7 Å². The lowest BCUT2D eigenvalue weighted by Gasteiger charge is -2.12. The zero-order chi connectivity index (χ0) is 21.5. The monoisotopic (exact) mass is 421 g/mol. The predicted octanol–water partition coefficient (Wildman–Crippen LogP) is 4.48. The molecule has 162 valence electrons. The van der Waals surface area contributed by atoms with Gasteiger partial charge in [-0.2, -0.15) is 0 Å². The number of carbonyl (C=O) groups is 1. The highest BCUT2D eigenvalue weighted by molar-refractivity contribution is 6.05. The Morgan fingerprint density at radius 3 is 2.77 bits per heavy atom. The van der Waals surface area contributed by atoms with Crippen LogP contribution < -0.4 is 14.8 Å². The molecule has 2 aromatic carbocycles. The number of tetrazole rings is 1. The molecule has 8 heteroatoms. The maximum atomic E-state index is 12.8. The average Bonchev–Trinajstić information content (AvgIpc) is 3.47. The van der Waals surface area contributed by atoms with Crippen LogP contribution in [0, 0.1) is 0 Å². The molecule has 0 bridgehead atoms. The molecule has 8 nitrogen and oxygen atoms in total. The van der Waals surface area contributed by atoms with Gasteiger partial charge in [0, 0.05) is 17.5 Å². The molecule has 1 aromatic heterocycles. The van der Waals surface area contributed by atoms with Crippen LogP contribution in [0.5, 0.6) is 11.5 Å². The van der Waals surface area contributed by atoms with Crippen LogP contribution in [-0.4, -0.2) is 33.1 Å². The quantitative estimate of drug-likeness (QED) is 0.468. The van der Waals surface area contributed by atoms with Gasteiger partial charge in [0.25, 0.3) is 5.91 Å². The molecular weight excluding hydrogens is 394 g/mol. The molecule has 0 saturated heterocycles. The second-order valence-electron chi connectivity index (χ2n) is 7.63. The first kappa shape index (κ1) is 20.8.